The number of nitrogens with one attached hydrogen (secondary N) is 1. The highest BCUT2D eigenvalue weighted by molar-refractivity contribution is 5.91. The lowest BCUT2D eigenvalue weighted by Crippen LogP contribution is -2.11. The van der Waals surface area contributed by atoms with Crippen LogP contribution in [0.5, 0.6) is 17.4 Å². The Morgan fingerprint density at radius 2 is 2.10 bits per heavy atom. The molecule has 6 nitrogen and oxygen atoms in total. The number of hydrogen-bond donors (Lipinski definition) is 1. The molecule has 0 aliphatic rings. The molecule has 0 unspecified atom stereocenters. The van der Waals surface area contributed by atoms with Crippen molar-refractivity contribution in [1.29, 1.82) is 0 Å². The summed E-state index contributed by atoms with van der Waals surface area (Å²) in [5.74, 6) is 1.04. The minimum Gasteiger partial charge on any atom is -0.497 e. The van der Waals surface area contributed by atoms with E-state index in [2.05, 4.69) is 9.97 Å². The first-order chi connectivity index (χ1) is 10.1. The molecule has 1 N–H and O–H groups in total. The normalized spacial score (nSPS) is 10.6. The third-order valence-electron chi connectivity index (χ3n) is 2.59. The average molecular weight is 286 g/mol. The fraction of sp³-hybridized carbons (Fsp3) is 0.133. The third kappa shape index (κ3) is 3.79. The number of ether oxygens (including phenoxy) is 2. The molecular formula is C15H14N2O4. The lowest BCUT2D eigenvalue weighted by molar-refractivity contribution is -0.112. The summed E-state index contributed by atoms with van der Waals surface area (Å²) in [5, 5.41) is 0. The zero-order valence-electron chi connectivity index (χ0n) is 11.6. The molecule has 0 atom stereocenters. The molecule has 0 saturated heterocycles. The molecule has 21 heavy (non-hydrogen) atoms. The van der Waals surface area contributed by atoms with Crippen molar-refractivity contribution in [3.05, 3.63) is 52.6 Å². The Hall–Kier alpha value is -2.89. The van der Waals surface area contributed by atoms with Crippen LogP contribution in [0.3, 0.4) is 0 Å². The van der Waals surface area contributed by atoms with Crippen LogP contribution in [-0.2, 0) is 4.79 Å². The molecule has 0 bridgehead atoms. The van der Waals surface area contributed by atoms with Crippen LogP contribution in [0.15, 0.2) is 41.5 Å². The van der Waals surface area contributed by atoms with Gasteiger partial charge in [-0.2, -0.15) is 0 Å². The summed E-state index contributed by atoms with van der Waals surface area (Å²) in [5.41, 5.74) is -0.212. The van der Waals surface area contributed by atoms with Crippen molar-refractivity contribution in [2.75, 3.05) is 7.11 Å². The van der Waals surface area contributed by atoms with Gasteiger partial charge in [-0.05, 0) is 31.2 Å². The highest BCUT2D eigenvalue weighted by Gasteiger charge is 2.09. The van der Waals surface area contributed by atoms with Crippen molar-refractivity contribution in [1.82, 2.24) is 9.97 Å². The third-order valence-corrected chi connectivity index (χ3v) is 2.59. The van der Waals surface area contributed by atoms with Gasteiger partial charge in [0.25, 0.3) is 5.56 Å². The average Bonchev–Trinajstić information content (AvgIpc) is 2.46. The van der Waals surface area contributed by atoms with Crippen LogP contribution < -0.4 is 15.0 Å². The van der Waals surface area contributed by atoms with E-state index in [-0.39, 0.29) is 22.8 Å². The van der Waals surface area contributed by atoms with E-state index in [0.29, 0.717) is 11.5 Å². The highest BCUT2D eigenvalue weighted by atomic mass is 16.5. The molecule has 2 aromatic rings. The standard InChI is InChI=1S/C15H14N2O4/c1-10(18)6-7-13-14(19)16-9-17-15(13)21-12-5-3-4-11(8-12)20-2/h3-9H,1-2H3,(H,16,17,19)/b7-6+. The van der Waals surface area contributed by atoms with Gasteiger partial charge in [-0.1, -0.05) is 6.07 Å². The summed E-state index contributed by atoms with van der Waals surface area (Å²) < 4.78 is 10.7. The second-order valence-electron chi connectivity index (χ2n) is 4.18. The number of nitrogens with zero attached hydrogens (tertiary/aromatic N) is 1. The first-order valence-corrected chi connectivity index (χ1v) is 6.18. The molecule has 1 aromatic carbocycles. The quantitative estimate of drug-likeness (QED) is 0.852. The fourth-order valence-electron chi connectivity index (χ4n) is 1.60. The molecule has 1 heterocycles. The van der Waals surface area contributed by atoms with Gasteiger partial charge >= 0.3 is 0 Å². The number of aromatic nitrogens is 2. The number of carbonyl (C=O) groups is 1. The van der Waals surface area contributed by atoms with Crippen LogP contribution in [0.4, 0.5) is 0 Å². The number of benzene rings is 1. The Balaban J connectivity index is 2.37. The number of ketones is 1. The number of aromatic amines is 1. The summed E-state index contributed by atoms with van der Waals surface area (Å²) in [7, 11) is 1.55. The van der Waals surface area contributed by atoms with Crippen LogP contribution >= 0.6 is 0 Å². The van der Waals surface area contributed by atoms with E-state index in [0.717, 1.165) is 0 Å². The molecule has 0 amide bonds. The monoisotopic (exact) mass is 286 g/mol. The minimum absolute atomic E-state index is 0.115. The van der Waals surface area contributed by atoms with Crippen LogP contribution in [0.25, 0.3) is 6.08 Å². The maximum absolute atomic E-state index is 11.8. The van der Waals surface area contributed by atoms with Crippen molar-refractivity contribution >= 4 is 11.9 Å². The van der Waals surface area contributed by atoms with Gasteiger partial charge in [0.1, 0.15) is 17.1 Å². The summed E-state index contributed by atoms with van der Waals surface area (Å²) in [6.07, 6.45) is 3.90. The number of methoxy groups -OCH3 is 1. The smallest absolute Gasteiger partial charge is 0.261 e. The predicted octanol–water partition coefficient (Wildman–Crippen LogP) is 2.17. The van der Waals surface area contributed by atoms with Gasteiger partial charge in [-0.15, -0.1) is 0 Å². The van der Waals surface area contributed by atoms with Crippen molar-refractivity contribution in [2.24, 2.45) is 0 Å². The number of allylic oxidation sites excluding steroid dienone is 1. The Kier molecular flexibility index (Phi) is 4.50. The molecule has 108 valence electrons. The number of carbonyl (C=O) groups excluding carboxylic acids is 1. The van der Waals surface area contributed by atoms with Crippen molar-refractivity contribution in [2.45, 2.75) is 6.92 Å². The van der Waals surface area contributed by atoms with Gasteiger partial charge in [0, 0.05) is 6.07 Å². The molecule has 6 heteroatoms. The van der Waals surface area contributed by atoms with Crippen LogP contribution in [0.1, 0.15) is 12.5 Å². The molecule has 0 aliphatic heterocycles. The number of hydrogen-bond acceptors (Lipinski definition) is 5. The Morgan fingerprint density at radius 1 is 1.33 bits per heavy atom. The zero-order valence-corrected chi connectivity index (χ0v) is 11.6. The molecule has 0 spiro atoms. The van der Waals surface area contributed by atoms with Gasteiger partial charge < -0.3 is 14.5 Å². The molecule has 2 rings (SSSR count). The van der Waals surface area contributed by atoms with E-state index < -0.39 is 0 Å². The van der Waals surface area contributed by atoms with E-state index >= 15 is 0 Å². The summed E-state index contributed by atoms with van der Waals surface area (Å²) in [4.78, 5) is 29.2. The maximum atomic E-state index is 11.8. The van der Waals surface area contributed by atoms with E-state index in [4.69, 9.17) is 9.47 Å². The fourth-order valence-corrected chi connectivity index (χ4v) is 1.60. The van der Waals surface area contributed by atoms with Gasteiger partial charge in [-0.3, -0.25) is 9.59 Å². The summed E-state index contributed by atoms with van der Waals surface area (Å²) in [6, 6.07) is 6.91. The van der Waals surface area contributed by atoms with E-state index in [1.807, 2.05) is 0 Å². The first-order valence-electron chi connectivity index (χ1n) is 6.18. The van der Waals surface area contributed by atoms with Crippen LogP contribution in [-0.4, -0.2) is 22.9 Å². The summed E-state index contributed by atoms with van der Waals surface area (Å²) >= 11 is 0. The lowest BCUT2D eigenvalue weighted by Gasteiger charge is -2.08. The van der Waals surface area contributed by atoms with E-state index in [9.17, 15) is 9.59 Å². The SMILES string of the molecule is COc1cccc(Oc2nc[nH]c(=O)c2/C=C/C(C)=O)c1. The highest BCUT2D eigenvalue weighted by Crippen LogP contribution is 2.25. The van der Waals surface area contributed by atoms with Crippen LogP contribution in [0.2, 0.25) is 0 Å². The Morgan fingerprint density at radius 3 is 2.81 bits per heavy atom. The molecule has 0 saturated carbocycles. The summed E-state index contributed by atoms with van der Waals surface area (Å²) in [6.45, 7) is 1.39. The predicted molar refractivity (Wildman–Crippen MR) is 77.6 cm³/mol. The molecular weight excluding hydrogens is 272 g/mol. The van der Waals surface area contributed by atoms with E-state index in [1.165, 1.54) is 25.4 Å². The Bertz CT molecular complexity index is 734. The largest absolute Gasteiger partial charge is 0.497 e. The maximum Gasteiger partial charge on any atom is 0.261 e. The van der Waals surface area contributed by atoms with Gasteiger partial charge in [0.05, 0.1) is 13.4 Å². The molecule has 0 radical (unpaired) electrons. The van der Waals surface area contributed by atoms with Gasteiger partial charge in [0.2, 0.25) is 5.88 Å². The lowest BCUT2D eigenvalue weighted by atomic mass is 10.2. The van der Waals surface area contributed by atoms with E-state index in [1.54, 1.807) is 31.4 Å². The molecule has 0 aliphatic carbocycles. The topological polar surface area (TPSA) is 81.3 Å². The van der Waals surface area contributed by atoms with Crippen molar-refractivity contribution < 1.29 is 14.3 Å². The second-order valence-corrected chi connectivity index (χ2v) is 4.18. The van der Waals surface area contributed by atoms with Crippen molar-refractivity contribution in [3.63, 3.8) is 0 Å². The number of H-pyrrole nitrogens is 1. The van der Waals surface area contributed by atoms with Gasteiger partial charge in [-0.25, -0.2) is 4.98 Å². The Labute approximate surface area is 121 Å². The number of rotatable bonds is 5. The molecule has 0 fully saturated rings. The zero-order chi connectivity index (χ0) is 15.2. The minimum atomic E-state index is -0.389. The molecule has 1 aromatic heterocycles. The van der Waals surface area contributed by atoms with Crippen molar-refractivity contribution in [3.8, 4) is 17.4 Å². The second kappa shape index (κ2) is 6.51. The first kappa shape index (κ1) is 14.5. The van der Waals surface area contributed by atoms with Gasteiger partial charge in [0.15, 0.2) is 5.78 Å². The van der Waals surface area contributed by atoms with Crippen LogP contribution in [0, 0.1) is 0 Å².